The van der Waals surface area contributed by atoms with Gasteiger partial charge in [0.1, 0.15) is 0 Å². The van der Waals surface area contributed by atoms with Gasteiger partial charge in [0, 0.05) is 11.6 Å². The fraction of sp³-hybridized carbons (Fsp3) is 0.238. The first kappa shape index (κ1) is 16.5. The van der Waals surface area contributed by atoms with Crippen molar-refractivity contribution in [3.8, 4) is 5.69 Å². The van der Waals surface area contributed by atoms with Crippen LogP contribution >= 0.6 is 0 Å². The molecule has 1 aliphatic rings. The summed E-state index contributed by atoms with van der Waals surface area (Å²) in [7, 11) is 0. The summed E-state index contributed by atoms with van der Waals surface area (Å²) in [6.45, 7) is 1.93. The van der Waals surface area contributed by atoms with Crippen molar-refractivity contribution in [2.75, 3.05) is 18.4 Å². The van der Waals surface area contributed by atoms with Crippen LogP contribution in [0.1, 0.15) is 34.8 Å². The summed E-state index contributed by atoms with van der Waals surface area (Å²) in [5.74, 6) is 0.211. The average Bonchev–Trinajstić information content (AvgIpc) is 3.15. The summed E-state index contributed by atoms with van der Waals surface area (Å²) in [5.41, 5.74) is 3.44. The minimum absolute atomic E-state index is 0.105. The van der Waals surface area contributed by atoms with Crippen molar-refractivity contribution >= 4 is 11.6 Å². The monoisotopic (exact) mass is 346 g/mol. The largest absolute Gasteiger partial charge is 0.322 e. The van der Waals surface area contributed by atoms with Gasteiger partial charge in [-0.15, -0.1) is 0 Å². The molecule has 1 fully saturated rings. The lowest BCUT2D eigenvalue weighted by atomic mass is 9.91. The molecule has 0 bridgehead atoms. The SMILES string of the molecule is O=C(Nc1ccccc1)c1cnn(-c2ccccc2)c1C1CCNCC1. The highest BCUT2D eigenvalue weighted by molar-refractivity contribution is 6.05. The van der Waals surface area contributed by atoms with Gasteiger partial charge < -0.3 is 10.6 Å². The van der Waals surface area contributed by atoms with E-state index in [4.69, 9.17) is 0 Å². The Morgan fingerprint density at radius 3 is 2.35 bits per heavy atom. The third-order valence-electron chi connectivity index (χ3n) is 4.81. The Morgan fingerprint density at radius 1 is 1.00 bits per heavy atom. The summed E-state index contributed by atoms with van der Waals surface area (Å²) in [6, 6.07) is 19.6. The summed E-state index contributed by atoms with van der Waals surface area (Å²) < 4.78 is 1.93. The molecule has 0 radical (unpaired) electrons. The molecule has 1 aliphatic heterocycles. The zero-order valence-electron chi connectivity index (χ0n) is 14.6. The zero-order valence-corrected chi connectivity index (χ0v) is 14.6. The minimum Gasteiger partial charge on any atom is -0.322 e. The number of hydrogen-bond acceptors (Lipinski definition) is 3. The number of rotatable bonds is 4. The predicted octanol–water partition coefficient (Wildman–Crippen LogP) is 3.59. The van der Waals surface area contributed by atoms with Crippen LogP contribution in [0.2, 0.25) is 0 Å². The molecule has 4 rings (SSSR count). The molecular formula is C21H22N4O. The number of carbonyl (C=O) groups is 1. The first-order valence-electron chi connectivity index (χ1n) is 9.03. The number of aromatic nitrogens is 2. The Balaban J connectivity index is 1.72. The number of anilines is 1. The molecule has 0 atom stereocenters. The van der Waals surface area contributed by atoms with Crippen molar-refractivity contribution in [3.05, 3.63) is 78.1 Å². The molecular weight excluding hydrogens is 324 g/mol. The third kappa shape index (κ3) is 3.39. The number of amides is 1. The van der Waals surface area contributed by atoms with Crippen LogP contribution in [-0.2, 0) is 0 Å². The number of hydrogen-bond donors (Lipinski definition) is 2. The molecule has 2 N–H and O–H groups in total. The van der Waals surface area contributed by atoms with Gasteiger partial charge in [-0.25, -0.2) is 4.68 Å². The molecule has 0 aliphatic carbocycles. The average molecular weight is 346 g/mol. The molecule has 5 nitrogen and oxygen atoms in total. The second-order valence-corrected chi connectivity index (χ2v) is 6.54. The van der Waals surface area contributed by atoms with E-state index in [0.29, 0.717) is 11.5 Å². The molecule has 3 aromatic rings. The van der Waals surface area contributed by atoms with Crippen LogP contribution in [0.4, 0.5) is 5.69 Å². The van der Waals surface area contributed by atoms with Gasteiger partial charge in [0.05, 0.1) is 23.1 Å². The number of piperidine rings is 1. The van der Waals surface area contributed by atoms with Crippen molar-refractivity contribution in [1.29, 1.82) is 0 Å². The molecule has 0 unspecified atom stereocenters. The molecule has 1 amide bonds. The van der Waals surface area contributed by atoms with Crippen molar-refractivity contribution in [1.82, 2.24) is 15.1 Å². The second kappa shape index (κ2) is 7.54. The topological polar surface area (TPSA) is 59.0 Å². The van der Waals surface area contributed by atoms with Crippen molar-refractivity contribution in [2.45, 2.75) is 18.8 Å². The third-order valence-corrected chi connectivity index (χ3v) is 4.81. The molecule has 0 spiro atoms. The van der Waals surface area contributed by atoms with E-state index in [1.165, 1.54) is 0 Å². The van der Waals surface area contributed by atoms with Crippen molar-refractivity contribution in [2.24, 2.45) is 0 Å². The molecule has 2 aromatic carbocycles. The van der Waals surface area contributed by atoms with Gasteiger partial charge in [-0.1, -0.05) is 36.4 Å². The normalized spacial score (nSPS) is 14.9. The van der Waals surface area contributed by atoms with E-state index in [1.807, 2.05) is 65.3 Å². The van der Waals surface area contributed by atoms with Crippen LogP contribution < -0.4 is 10.6 Å². The van der Waals surface area contributed by atoms with E-state index < -0.39 is 0 Å². The van der Waals surface area contributed by atoms with E-state index in [-0.39, 0.29) is 5.91 Å². The maximum absolute atomic E-state index is 12.9. The van der Waals surface area contributed by atoms with Gasteiger partial charge in [-0.05, 0) is 50.2 Å². The number of carbonyl (C=O) groups excluding carboxylic acids is 1. The van der Waals surface area contributed by atoms with Crippen LogP contribution in [0, 0.1) is 0 Å². The van der Waals surface area contributed by atoms with Crippen LogP contribution in [0.3, 0.4) is 0 Å². The molecule has 1 saturated heterocycles. The Kier molecular flexibility index (Phi) is 4.80. The lowest BCUT2D eigenvalue weighted by Crippen LogP contribution is -2.29. The number of para-hydroxylation sites is 2. The van der Waals surface area contributed by atoms with Gasteiger partial charge in [0.25, 0.3) is 5.91 Å². The Bertz CT molecular complexity index is 868. The first-order valence-corrected chi connectivity index (χ1v) is 9.03. The summed E-state index contributed by atoms with van der Waals surface area (Å²) in [6.07, 6.45) is 3.71. The molecule has 5 heteroatoms. The first-order chi connectivity index (χ1) is 12.8. The van der Waals surface area contributed by atoms with E-state index in [2.05, 4.69) is 15.7 Å². The van der Waals surface area contributed by atoms with Crippen LogP contribution in [0.15, 0.2) is 66.9 Å². The highest BCUT2D eigenvalue weighted by Gasteiger charge is 2.27. The second-order valence-electron chi connectivity index (χ2n) is 6.54. The molecule has 1 aromatic heterocycles. The molecule has 2 heterocycles. The van der Waals surface area contributed by atoms with E-state index in [9.17, 15) is 4.79 Å². The van der Waals surface area contributed by atoms with Crippen LogP contribution in [-0.4, -0.2) is 28.8 Å². The highest BCUT2D eigenvalue weighted by atomic mass is 16.1. The van der Waals surface area contributed by atoms with Crippen molar-refractivity contribution < 1.29 is 4.79 Å². The molecule has 26 heavy (non-hydrogen) atoms. The standard InChI is InChI=1S/C21H22N4O/c26-21(24-17-7-3-1-4-8-17)19-15-23-25(18-9-5-2-6-10-18)20(19)16-11-13-22-14-12-16/h1-10,15-16,22H,11-14H2,(H,24,26). The maximum atomic E-state index is 12.9. The minimum atomic E-state index is -0.105. The van der Waals surface area contributed by atoms with Gasteiger partial charge in [-0.2, -0.15) is 5.10 Å². The maximum Gasteiger partial charge on any atom is 0.259 e. The van der Waals surface area contributed by atoms with E-state index in [0.717, 1.165) is 43.0 Å². The summed E-state index contributed by atoms with van der Waals surface area (Å²) >= 11 is 0. The lowest BCUT2D eigenvalue weighted by Gasteiger charge is -2.24. The number of nitrogens with zero attached hydrogens (tertiary/aromatic N) is 2. The fourth-order valence-corrected chi connectivity index (χ4v) is 3.52. The summed E-state index contributed by atoms with van der Waals surface area (Å²) in [4.78, 5) is 12.9. The number of nitrogens with one attached hydrogen (secondary N) is 2. The van der Waals surface area contributed by atoms with Crippen molar-refractivity contribution in [3.63, 3.8) is 0 Å². The van der Waals surface area contributed by atoms with Gasteiger partial charge in [-0.3, -0.25) is 4.79 Å². The highest BCUT2D eigenvalue weighted by Crippen LogP contribution is 2.30. The van der Waals surface area contributed by atoms with E-state index >= 15 is 0 Å². The van der Waals surface area contributed by atoms with Crippen LogP contribution in [0.25, 0.3) is 5.69 Å². The molecule has 132 valence electrons. The van der Waals surface area contributed by atoms with Crippen LogP contribution in [0.5, 0.6) is 0 Å². The lowest BCUT2D eigenvalue weighted by molar-refractivity contribution is 0.102. The summed E-state index contributed by atoms with van der Waals surface area (Å²) in [5, 5.41) is 10.9. The zero-order chi connectivity index (χ0) is 17.8. The van der Waals surface area contributed by atoms with Gasteiger partial charge in [0.15, 0.2) is 0 Å². The van der Waals surface area contributed by atoms with Gasteiger partial charge in [0.2, 0.25) is 0 Å². The number of benzene rings is 2. The van der Waals surface area contributed by atoms with Gasteiger partial charge >= 0.3 is 0 Å². The molecule has 0 saturated carbocycles. The van der Waals surface area contributed by atoms with E-state index in [1.54, 1.807) is 6.20 Å². The smallest absolute Gasteiger partial charge is 0.259 e. The predicted molar refractivity (Wildman–Crippen MR) is 103 cm³/mol. The fourth-order valence-electron chi connectivity index (χ4n) is 3.52. The Labute approximate surface area is 153 Å². The quantitative estimate of drug-likeness (QED) is 0.759. The Morgan fingerprint density at radius 2 is 1.65 bits per heavy atom. The Hall–Kier alpha value is -2.92.